The number of carboxylic acid groups (broad SMARTS) is 1. The molecule has 1 atom stereocenters. The first-order valence-electron chi connectivity index (χ1n) is 7.16. The van der Waals surface area contributed by atoms with Crippen molar-refractivity contribution in [2.75, 3.05) is 6.61 Å². The van der Waals surface area contributed by atoms with Crippen molar-refractivity contribution in [3.8, 4) is 5.75 Å². The molecular formula is C18H19ClO3. The average Bonchev–Trinajstić information content (AvgIpc) is 2.47. The molecule has 0 saturated carbocycles. The number of hydrogen-bond donors (Lipinski definition) is 1. The standard InChI is InChI=1S/C18H19ClO3/c1-12-5-3-8-17(13(12)2)22-10-9-16(18(20)21)14-6-4-7-15(19)11-14/h3-8,11,16H,9-10H2,1-2H3,(H,20,21). The van der Waals surface area contributed by atoms with Crippen molar-refractivity contribution in [1.29, 1.82) is 0 Å². The van der Waals surface area contributed by atoms with Gasteiger partial charge in [0.2, 0.25) is 0 Å². The number of carbonyl (C=O) groups is 1. The van der Waals surface area contributed by atoms with Crippen LogP contribution in [0.5, 0.6) is 5.75 Å². The third kappa shape index (κ3) is 4.01. The fourth-order valence-electron chi connectivity index (χ4n) is 2.32. The fraction of sp³-hybridized carbons (Fsp3) is 0.278. The Hall–Kier alpha value is -2.00. The van der Waals surface area contributed by atoms with Crippen molar-refractivity contribution >= 4 is 17.6 Å². The van der Waals surface area contributed by atoms with E-state index in [1.807, 2.05) is 32.0 Å². The highest BCUT2D eigenvalue weighted by Gasteiger charge is 2.20. The van der Waals surface area contributed by atoms with Crippen LogP contribution >= 0.6 is 11.6 Å². The van der Waals surface area contributed by atoms with E-state index in [1.165, 1.54) is 0 Å². The molecule has 0 spiro atoms. The van der Waals surface area contributed by atoms with Gasteiger partial charge in [-0.05, 0) is 55.2 Å². The minimum Gasteiger partial charge on any atom is -0.493 e. The van der Waals surface area contributed by atoms with Gasteiger partial charge in [0.1, 0.15) is 5.75 Å². The van der Waals surface area contributed by atoms with Crippen LogP contribution in [-0.2, 0) is 4.79 Å². The average molecular weight is 319 g/mol. The highest BCUT2D eigenvalue weighted by molar-refractivity contribution is 6.30. The second kappa shape index (κ2) is 7.32. The van der Waals surface area contributed by atoms with Gasteiger partial charge in [-0.3, -0.25) is 4.79 Å². The maximum atomic E-state index is 11.5. The zero-order valence-electron chi connectivity index (χ0n) is 12.7. The predicted octanol–water partition coefficient (Wildman–Crippen LogP) is 4.59. The molecule has 0 amide bonds. The van der Waals surface area contributed by atoms with Crippen LogP contribution in [0.4, 0.5) is 0 Å². The molecule has 3 nitrogen and oxygen atoms in total. The highest BCUT2D eigenvalue weighted by atomic mass is 35.5. The lowest BCUT2D eigenvalue weighted by Crippen LogP contribution is -2.15. The second-order valence-corrected chi connectivity index (χ2v) is 5.72. The van der Waals surface area contributed by atoms with Crippen molar-refractivity contribution < 1.29 is 14.6 Å². The SMILES string of the molecule is Cc1cccc(OCCC(C(=O)O)c2cccc(Cl)c2)c1C. The van der Waals surface area contributed by atoms with Gasteiger partial charge in [-0.15, -0.1) is 0 Å². The van der Waals surface area contributed by atoms with E-state index < -0.39 is 11.9 Å². The number of hydrogen-bond acceptors (Lipinski definition) is 2. The van der Waals surface area contributed by atoms with Crippen LogP contribution in [0.2, 0.25) is 5.02 Å². The molecule has 22 heavy (non-hydrogen) atoms. The molecule has 0 heterocycles. The Bertz CT molecular complexity index is 667. The Morgan fingerprint density at radius 1 is 1.23 bits per heavy atom. The first kappa shape index (κ1) is 16.4. The normalized spacial score (nSPS) is 12.0. The van der Waals surface area contributed by atoms with Gasteiger partial charge in [-0.25, -0.2) is 0 Å². The van der Waals surface area contributed by atoms with E-state index in [-0.39, 0.29) is 0 Å². The molecule has 0 fully saturated rings. The molecule has 0 aliphatic heterocycles. The molecule has 116 valence electrons. The summed E-state index contributed by atoms with van der Waals surface area (Å²) in [7, 11) is 0. The number of ether oxygens (including phenoxy) is 1. The summed E-state index contributed by atoms with van der Waals surface area (Å²) in [5, 5.41) is 9.96. The van der Waals surface area contributed by atoms with Gasteiger partial charge in [0.05, 0.1) is 12.5 Å². The molecule has 0 radical (unpaired) electrons. The van der Waals surface area contributed by atoms with Gasteiger partial charge in [0.25, 0.3) is 0 Å². The number of aryl methyl sites for hydroxylation is 1. The van der Waals surface area contributed by atoms with Gasteiger partial charge in [0.15, 0.2) is 0 Å². The van der Waals surface area contributed by atoms with Crippen molar-refractivity contribution in [2.24, 2.45) is 0 Å². The topological polar surface area (TPSA) is 46.5 Å². The van der Waals surface area contributed by atoms with Crippen LogP contribution < -0.4 is 4.74 Å². The van der Waals surface area contributed by atoms with E-state index in [0.29, 0.717) is 23.6 Å². The number of carboxylic acids is 1. The summed E-state index contributed by atoms with van der Waals surface area (Å²) in [6.07, 6.45) is 0.392. The van der Waals surface area contributed by atoms with E-state index in [4.69, 9.17) is 16.3 Å². The Balaban J connectivity index is 2.04. The molecular weight excluding hydrogens is 300 g/mol. The molecule has 1 N–H and O–H groups in total. The molecule has 0 saturated heterocycles. The summed E-state index contributed by atoms with van der Waals surface area (Å²) in [4.78, 5) is 11.5. The minimum absolute atomic E-state index is 0.341. The molecule has 2 aromatic rings. The van der Waals surface area contributed by atoms with Gasteiger partial charge in [0, 0.05) is 5.02 Å². The van der Waals surface area contributed by atoms with Crippen LogP contribution in [0.15, 0.2) is 42.5 Å². The molecule has 0 aliphatic rings. The van der Waals surface area contributed by atoms with Gasteiger partial charge < -0.3 is 9.84 Å². The summed E-state index contributed by atoms with van der Waals surface area (Å²) < 4.78 is 5.75. The maximum absolute atomic E-state index is 11.5. The second-order valence-electron chi connectivity index (χ2n) is 5.28. The quantitative estimate of drug-likeness (QED) is 0.847. The molecule has 0 aliphatic carbocycles. The highest BCUT2D eigenvalue weighted by Crippen LogP contribution is 2.25. The van der Waals surface area contributed by atoms with Crippen molar-refractivity contribution in [1.82, 2.24) is 0 Å². The molecule has 2 rings (SSSR count). The first-order valence-corrected chi connectivity index (χ1v) is 7.54. The Kier molecular flexibility index (Phi) is 5.45. The van der Waals surface area contributed by atoms with Gasteiger partial charge in [-0.2, -0.15) is 0 Å². The summed E-state index contributed by atoms with van der Waals surface area (Å²) in [5.74, 6) is -0.689. The van der Waals surface area contributed by atoms with Crippen molar-refractivity contribution in [2.45, 2.75) is 26.2 Å². The third-order valence-electron chi connectivity index (χ3n) is 3.77. The lowest BCUT2D eigenvalue weighted by atomic mass is 9.96. The van der Waals surface area contributed by atoms with Crippen molar-refractivity contribution in [3.63, 3.8) is 0 Å². The van der Waals surface area contributed by atoms with Gasteiger partial charge >= 0.3 is 5.97 Å². The Morgan fingerprint density at radius 3 is 2.64 bits per heavy atom. The van der Waals surface area contributed by atoms with Crippen molar-refractivity contribution in [3.05, 3.63) is 64.2 Å². The minimum atomic E-state index is -0.869. The zero-order valence-corrected chi connectivity index (χ0v) is 13.4. The summed E-state index contributed by atoms with van der Waals surface area (Å²) in [6.45, 7) is 4.36. The van der Waals surface area contributed by atoms with E-state index in [9.17, 15) is 9.90 Å². The Morgan fingerprint density at radius 2 is 1.95 bits per heavy atom. The molecule has 4 heteroatoms. The number of rotatable bonds is 6. The summed E-state index contributed by atoms with van der Waals surface area (Å²) in [6, 6.07) is 12.8. The van der Waals surface area contributed by atoms with E-state index in [0.717, 1.165) is 16.9 Å². The van der Waals surface area contributed by atoms with Crippen LogP contribution in [-0.4, -0.2) is 17.7 Å². The summed E-state index contributed by atoms with van der Waals surface area (Å²) in [5.41, 5.74) is 2.93. The van der Waals surface area contributed by atoms with E-state index in [1.54, 1.807) is 24.3 Å². The van der Waals surface area contributed by atoms with E-state index in [2.05, 4.69) is 0 Å². The predicted molar refractivity (Wildman–Crippen MR) is 87.9 cm³/mol. The third-order valence-corrected chi connectivity index (χ3v) is 4.00. The molecule has 0 aromatic heterocycles. The summed E-state index contributed by atoms with van der Waals surface area (Å²) >= 11 is 5.94. The van der Waals surface area contributed by atoms with E-state index >= 15 is 0 Å². The zero-order chi connectivity index (χ0) is 16.1. The Labute approximate surface area is 135 Å². The number of benzene rings is 2. The van der Waals surface area contributed by atoms with Gasteiger partial charge in [-0.1, -0.05) is 35.9 Å². The number of halogens is 1. The lowest BCUT2D eigenvalue weighted by molar-refractivity contribution is -0.139. The van der Waals surface area contributed by atoms with Crippen LogP contribution in [0.25, 0.3) is 0 Å². The molecule has 2 aromatic carbocycles. The maximum Gasteiger partial charge on any atom is 0.311 e. The molecule has 0 bridgehead atoms. The number of aliphatic carboxylic acids is 1. The monoisotopic (exact) mass is 318 g/mol. The largest absolute Gasteiger partial charge is 0.493 e. The van der Waals surface area contributed by atoms with Crippen LogP contribution in [0, 0.1) is 13.8 Å². The smallest absolute Gasteiger partial charge is 0.311 e. The van der Waals surface area contributed by atoms with Crippen LogP contribution in [0.3, 0.4) is 0 Å². The van der Waals surface area contributed by atoms with Crippen LogP contribution in [0.1, 0.15) is 29.0 Å². The fourth-order valence-corrected chi connectivity index (χ4v) is 2.52. The lowest BCUT2D eigenvalue weighted by Gasteiger charge is -2.15. The first-order chi connectivity index (χ1) is 10.5. The molecule has 1 unspecified atom stereocenters.